The van der Waals surface area contributed by atoms with Gasteiger partial charge in [-0.05, 0) is 59.6 Å². The molecule has 0 saturated heterocycles. The van der Waals surface area contributed by atoms with E-state index in [1.165, 1.54) is 6.07 Å². The third-order valence-corrected chi connectivity index (χ3v) is 10.1. The number of ketones is 1. The van der Waals surface area contributed by atoms with Gasteiger partial charge in [0, 0.05) is 31.0 Å². The van der Waals surface area contributed by atoms with Crippen molar-refractivity contribution in [3.8, 4) is 29.1 Å². The molecule has 0 saturated carbocycles. The molecule has 51 heavy (non-hydrogen) atoms. The van der Waals surface area contributed by atoms with Crippen LogP contribution in [0, 0.1) is 17.8 Å². The summed E-state index contributed by atoms with van der Waals surface area (Å²) in [6.07, 6.45) is 5.67. The number of phenols is 2. The second-order valence-electron chi connectivity index (χ2n) is 14.0. The standard InChI is InChI=1S/C40H52N4O7/c1-3-5-6-9-30(36(49)19-28(45)8-4-2)34(47)15-13-24-18-38(37(50)20-35(24)48)51-39-11-7-10-33(46)29-14-12-25(40(41)42)16-26(29)17-27-21-43-32-23-44(39)22-31(27)32/h12,14,16,18,20-22,28,30,33,36,39-40,45-46,48-50H,3-6,8-9,11,13,15,17,19,23,41-42H2,1-2H3/p+1/t28-,30-,33+,36-,39+/m1/s1. The predicted molar refractivity (Wildman–Crippen MR) is 195 cm³/mol. The van der Waals surface area contributed by atoms with Crippen molar-refractivity contribution in [1.29, 1.82) is 0 Å². The molecule has 0 fully saturated rings. The molecule has 6 atom stereocenters. The molecule has 3 aliphatic heterocycles. The molecule has 0 aromatic heterocycles. The Morgan fingerprint density at radius 3 is 2.63 bits per heavy atom. The highest BCUT2D eigenvalue weighted by Gasteiger charge is 2.36. The van der Waals surface area contributed by atoms with Crippen molar-refractivity contribution in [2.45, 2.75) is 115 Å². The van der Waals surface area contributed by atoms with Gasteiger partial charge in [0.15, 0.2) is 11.5 Å². The van der Waals surface area contributed by atoms with Crippen LogP contribution in [0.1, 0.15) is 106 Å². The van der Waals surface area contributed by atoms with Crippen LogP contribution in [-0.4, -0.2) is 62.0 Å². The Morgan fingerprint density at radius 2 is 1.88 bits per heavy atom. The predicted octanol–water partition coefficient (Wildman–Crippen LogP) is 3.13. The molecule has 1 unspecified atom stereocenters. The number of nitrogens with two attached hydrogens (primary N) is 2. The quantitative estimate of drug-likeness (QED) is 0.0737. The maximum atomic E-state index is 13.5. The van der Waals surface area contributed by atoms with Crippen molar-refractivity contribution in [2.24, 2.45) is 22.4 Å². The van der Waals surface area contributed by atoms with Crippen molar-refractivity contribution >= 4 is 11.5 Å². The number of allylic oxidation sites excluding steroid dienone is 1. The fourth-order valence-corrected chi connectivity index (χ4v) is 7.17. The zero-order valence-electron chi connectivity index (χ0n) is 29.6. The zero-order chi connectivity index (χ0) is 36.7. The number of benzene rings is 2. The van der Waals surface area contributed by atoms with Crippen LogP contribution in [0.25, 0.3) is 0 Å². The first-order valence-electron chi connectivity index (χ1n) is 18.2. The number of aromatic hydroxyl groups is 2. The molecule has 3 aliphatic rings. The minimum atomic E-state index is -1.06. The van der Waals surface area contributed by atoms with Crippen molar-refractivity contribution in [1.82, 2.24) is 0 Å². The van der Waals surface area contributed by atoms with Crippen molar-refractivity contribution in [3.05, 3.63) is 76.1 Å². The van der Waals surface area contributed by atoms with E-state index < -0.39 is 36.6 Å². The first-order valence-corrected chi connectivity index (χ1v) is 18.2. The molecule has 0 amide bonds. The summed E-state index contributed by atoms with van der Waals surface area (Å²) in [5.41, 5.74) is 17.5. The highest BCUT2D eigenvalue weighted by molar-refractivity contribution is 6.08. The molecule has 2 bridgehead atoms. The third kappa shape index (κ3) is 9.46. The van der Waals surface area contributed by atoms with Gasteiger partial charge in [-0.15, -0.1) is 0 Å². The van der Waals surface area contributed by atoms with E-state index in [0.29, 0.717) is 36.9 Å². The molecule has 11 heteroatoms. The molecule has 2 aromatic rings. The maximum Gasteiger partial charge on any atom is 0.247 e. The van der Waals surface area contributed by atoms with Crippen LogP contribution in [0.2, 0.25) is 0 Å². The Bertz CT molecular complexity index is 1720. The summed E-state index contributed by atoms with van der Waals surface area (Å²) >= 11 is 0. The van der Waals surface area contributed by atoms with Crippen LogP contribution in [-0.2, 0) is 17.6 Å². The second kappa shape index (κ2) is 17.5. The fraction of sp³-hybridized carbons (Fsp3) is 0.500. The van der Waals surface area contributed by atoms with Gasteiger partial charge in [0.2, 0.25) is 6.23 Å². The first-order chi connectivity index (χ1) is 24.5. The number of ether oxygens (including phenoxy) is 1. The van der Waals surface area contributed by atoms with Gasteiger partial charge in [-0.3, -0.25) is 14.7 Å². The average Bonchev–Trinajstić information content (AvgIpc) is 3.68. The number of nitrogens with zero attached hydrogens (tertiary/aromatic N) is 1. The van der Waals surface area contributed by atoms with Gasteiger partial charge < -0.3 is 41.7 Å². The summed E-state index contributed by atoms with van der Waals surface area (Å²) in [6, 6.07) is 8.27. The van der Waals surface area contributed by atoms with Gasteiger partial charge >= 0.3 is 0 Å². The minimum absolute atomic E-state index is 0.0703. The second-order valence-corrected chi connectivity index (χ2v) is 14.0. The lowest BCUT2D eigenvalue weighted by molar-refractivity contribution is -0.882. The van der Waals surface area contributed by atoms with Gasteiger partial charge in [-0.2, -0.15) is 0 Å². The number of Topliss-reactive ketones (excluding diaryl/α,β-unsaturated/α-hetero) is 1. The summed E-state index contributed by atoms with van der Waals surface area (Å²) in [5, 5.41) is 54.0. The number of unbranched alkanes of at least 4 members (excludes halogenated alkanes) is 2. The van der Waals surface area contributed by atoms with E-state index >= 15 is 0 Å². The Hall–Kier alpha value is -4.02. The molecule has 274 valence electrons. The van der Waals surface area contributed by atoms with Crippen LogP contribution in [0.15, 0.2) is 58.9 Å². The molecule has 10 N–H and O–H groups in total. The topological polar surface area (TPSA) is 196 Å². The molecule has 0 radical (unpaired) electrons. The minimum Gasteiger partial charge on any atom is -0.508 e. The number of aryl methyl sites for hydroxylation is 1. The van der Waals surface area contributed by atoms with E-state index in [1.54, 1.807) is 18.2 Å². The molecule has 0 spiro atoms. The molecule has 11 nitrogen and oxygen atoms in total. The number of carbonyl (C=O) groups is 1. The molecule has 0 aliphatic carbocycles. The van der Waals surface area contributed by atoms with Gasteiger partial charge in [0.1, 0.15) is 42.5 Å². The summed E-state index contributed by atoms with van der Waals surface area (Å²) in [5.74, 6) is 5.01. The number of nitrogens with one attached hydrogen (secondary N) is 1. The Kier molecular flexibility index (Phi) is 13.1. The van der Waals surface area contributed by atoms with Crippen LogP contribution in [0.4, 0.5) is 0 Å². The van der Waals surface area contributed by atoms with Crippen LogP contribution >= 0.6 is 0 Å². The van der Waals surface area contributed by atoms with Gasteiger partial charge in [0.25, 0.3) is 0 Å². The summed E-state index contributed by atoms with van der Waals surface area (Å²) < 4.78 is 6.41. The lowest BCUT2D eigenvalue weighted by atomic mass is 9.85. The first kappa shape index (κ1) is 38.2. The number of fused-ring (bicyclic) bond motifs is 2. The molecular weight excluding hydrogens is 648 g/mol. The van der Waals surface area contributed by atoms with Gasteiger partial charge in [-0.25, -0.2) is 0 Å². The Balaban J connectivity index is 1.35. The average molecular weight is 702 g/mol. The number of aliphatic hydroxyl groups is 3. The number of carbonyl (C=O) groups excluding carboxylic acids is 1. The van der Waals surface area contributed by atoms with E-state index in [9.17, 15) is 30.3 Å². The van der Waals surface area contributed by atoms with Gasteiger partial charge in [-0.1, -0.05) is 69.6 Å². The number of aliphatic hydroxyl groups excluding tert-OH is 3. The largest absolute Gasteiger partial charge is 0.508 e. The normalized spacial score (nSPS) is 21.3. The maximum absolute atomic E-state index is 13.5. The summed E-state index contributed by atoms with van der Waals surface area (Å²) in [7, 11) is 0. The molecule has 2 aromatic carbocycles. The zero-order valence-corrected chi connectivity index (χ0v) is 29.6. The number of hydrogen-bond acceptors (Lipinski definition) is 10. The monoisotopic (exact) mass is 701 g/mol. The third-order valence-electron chi connectivity index (χ3n) is 10.1. The lowest BCUT2D eigenvalue weighted by Gasteiger charge is -2.24. The summed E-state index contributed by atoms with van der Waals surface area (Å²) in [4.78, 5) is 19.1. The van der Waals surface area contributed by atoms with Crippen molar-refractivity contribution in [3.63, 3.8) is 0 Å². The SMILES string of the molecule is CCCCC[C@H](C(=O)CCc1cc(O[C@H]2CC#C[C@H](O)c3ccc(C(N)N)cc3CC3=CN=C4C[NH+]2C=C34)c(O)cc1O)[C@H](O)C[C@H](O)CCC. The van der Waals surface area contributed by atoms with E-state index in [4.69, 9.17) is 16.2 Å². The molecular formula is C40H53N4O7+. The van der Waals surface area contributed by atoms with E-state index in [2.05, 4.69) is 30.0 Å². The van der Waals surface area contributed by atoms with E-state index in [0.717, 1.165) is 58.6 Å². The van der Waals surface area contributed by atoms with Crippen LogP contribution in [0.3, 0.4) is 0 Å². The number of phenolic OH excluding ortho intramolecular Hbond substituents is 2. The highest BCUT2D eigenvalue weighted by Crippen LogP contribution is 2.36. The van der Waals surface area contributed by atoms with E-state index in [-0.39, 0.29) is 48.7 Å². The van der Waals surface area contributed by atoms with E-state index in [1.807, 2.05) is 19.2 Å². The number of quaternary nitrogens is 1. The number of rotatable bonds is 16. The van der Waals surface area contributed by atoms with Crippen molar-refractivity contribution < 1.29 is 40.0 Å². The van der Waals surface area contributed by atoms with Crippen LogP contribution < -0.4 is 21.1 Å². The molecule has 5 rings (SSSR count). The Morgan fingerprint density at radius 1 is 1.08 bits per heavy atom. The highest BCUT2D eigenvalue weighted by atomic mass is 16.5. The molecule has 3 heterocycles. The fourth-order valence-electron chi connectivity index (χ4n) is 7.17. The smallest absolute Gasteiger partial charge is 0.247 e. The number of hydrogen-bond donors (Lipinski definition) is 8. The lowest BCUT2D eigenvalue weighted by Crippen LogP contribution is -3.12. The number of aliphatic imine (C=N–C) groups is 1. The Labute approximate surface area is 300 Å². The van der Waals surface area contributed by atoms with Crippen LogP contribution in [0.5, 0.6) is 17.2 Å². The van der Waals surface area contributed by atoms with Gasteiger partial charge in [0.05, 0.1) is 23.9 Å². The van der Waals surface area contributed by atoms with Crippen molar-refractivity contribution in [2.75, 3.05) is 6.54 Å². The summed E-state index contributed by atoms with van der Waals surface area (Å²) in [6.45, 7) is 4.57.